The van der Waals surface area contributed by atoms with Crippen LogP contribution < -0.4 is 5.32 Å². The first-order valence-electron chi connectivity index (χ1n) is 7.45. The van der Waals surface area contributed by atoms with E-state index < -0.39 is 17.8 Å². The zero-order valence-electron chi connectivity index (χ0n) is 12.9. The largest absolute Gasteiger partial charge is 0.481 e. The van der Waals surface area contributed by atoms with Crippen molar-refractivity contribution >= 4 is 28.3 Å². The molecule has 0 spiro atoms. The zero-order chi connectivity index (χ0) is 16.1. The van der Waals surface area contributed by atoms with Crippen molar-refractivity contribution in [3.05, 3.63) is 23.2 Å². The molecular formula is C16H20N2O3S. The topological polar surface area (TPSA) is 79.3 Å². The van der Waals surface area contributed by atoms with Gasteiger partial charge >= 0.3 is 5.97 Å². The molecule has 5 nitrogen and oxygen atoms in total. The Balaban J connectivity index is 1.76. The molecule has 1 aromatic rings. The van der Waals surface area contributed by atoms with Crippen molar-refractivity contribution in [1.29, 1.82) is 0 Å². The van der Waals surface area contributed by atoms with Crippen molar-refractivity contribution in [1.82, 2.24) is 4.98 Å². The number of carbonyl (C=O) groups excluding carboxylic acids is 1. The minimum Gasteiger partial charge on any atom is -0.481 e. The molecule has 0 unspecified atom stereocenters. The molecule has 1 fully saturated rings. The first-order valence-corrected chi connectivity index (χ1v) is 8.33. The van der Waals surface area contributed by atoms with Gasteiger partial charge in [-0.25, -0.2) is 4.98 Å². The number of carbonyl (C=O) groups is 2. The van der Waals surface area contributed by atoms with Gasteiger partial charge in [-0.2, -0.15) is 0 Å². The smallest absolute Gasteiger partial charge is 0.307 e. The van der Waals surface area contributed by atoms with Gasteiger partial charge in [0.1, 0.15) is 0 Å². The van der Waals surface area contributed by atoms with Crippen LogP contribution >= 0.6 is 11.3 Å². The molecule has 2 aliphatic rings. The van der Waals surface area contributed by atoms with E-state index in [1.54, 1.807) is 0 Å². The molecule has 1 amide bonds. The van der Waals surface area contributed by atoms with Gasteiger partial charge < -0.3 is 10.4 Å². The van der Waals surface area contributed by atoms with E-state index in [1.165, 1.54) is 11.3 Å². The number of nitrogens with zero attached hydrogens (tertiary/aromatic N) is 1. The van der Waals surface area contributed by atoms with Crippen LogP contribution in [0.1, 0.15) is 32.9 Å². The molecule has 1 heterocycles. The van der Waals surface area contributed by atoms with E-state index >= 15 is 0 Å². The molecule has 1 aromatic heterocycles. The highest BCUT2D eigenvalue weighted by atomic mass is 32.1. The van der Waals surface area contributed by atoms with Crippen molar-refractivity contribution in [2.45, 2.75) is 32.6 Å². The minimum absolute atomic E-state index is 0.0142. The second-order valence-corrected chi connectivity index (χ2v) is 7.97. The number of carboxylic acids is 1. The number of fused-ring (bicyclic) bond motifs is 2. The zero-order valence-corrected chi connectivity index (χ0v) is 13.7. The third-order valence-corrected chi connectivity index (χ3v) is 5.31. The van der Waals surface area contributed by atoms with Gasteiger partial charge in [0.05, 0.1) is 17.5 Å². The third kappa shape index (κ3) is 2.56. The Labute approximate surface area is 133 Å². The maximum atomic E-state index is 12.5. The summed E-state index contributed by atoms with van der Waals surface area (Å²) in [7, 11) is 0. The maximum Gasteiger partial charge on any atom is 0.307 e. The molecule has 22 heavy (non-hydrogen) atoms. The summed E-state index contributed by atoms with van der Waals surface area (Å²) in [6, 6.07) is 0. The number of aliphatic carboxylic acids is 1. The van der Waals surface area contributed by atoms with E-state index in [0.29, 0.717) is 5.13 Å². The van der Waals surface area contributed by atoms with Crippen LogP contribution in [-0.4, -0.2) is 22.0 Å². The Hall–Kier alpha value is -1.69. The predicted molar refractivity (Wildman–Crippen MR) is 84.8 cm³/mol. The van der Waals surface area contributed by atoms with Crippen LogP contribution in [0, 0.1) is 23.7 Å². The number of carboxylic acid groups (broad SMARTS) is 1. The summed E-state index contributed by atoms with van der Waals surface area (Å²) in [4.78, 5) is 28.5. The SMILES string of the molecule is CC(C)(C)c1csc(NC(=O)[C@H]2[C@@H](C(=O)O)[C@H]3C=C[C@@H]2C3)n1. The number of amides is 1. The number of hydrogen-bond donors (Lipinski definition) is 2. The highest BCUT2D eigenvalue weighted by Crippen LogP contribution is 2.48. The molecule has 4 atom stereocenters. The molecule has 0 saturated heterocycles. The Kier molecular flexibility index (Phi) is 3.59. The number of thiazole rings is 1. The van der Waals surface area contributed by atoms with Crippen LogP contribution in [0.5, 0.6) is 0 Å². The summed E-state index contributed by atoms with van der Waals surface area (Å²) in [5.74, 6) is -2.19. The highest BCUT2D eigenvalue weighted by molar-refractivity contribution is 7.13. The Bertz CT molecular complexity index is 644. The lowest BCUT2D eigenvalue weighted by atomic mass is 9.82. The van der Waals surface area contributed by atoms with Gasteiger partial charge in [-0.1, -0.05) is 32.9 Å². The van der Waals surface area contributed by atoms with Gasteiger partial charge in [0, 0.05) is 10.8 Å². The van der Waals surface area contributed by atoms with Crippen LogP contribution in [0.15, 0.2) is 17.5 Å². The van der Waals surface area contributed by atoms with E-state index in [-0.39, 0.29) is 23.2 Å². The van der Waals surface area contributed by atoms with Gasteiger partial charge in [-0.05, 0) is 18.3 Å². The van der Waals surface area contributed by atoms with Gasteiger partial charge in [-0.3, -0.25) is 9.59 Å². The van der Waals surface area contributed by atoms with Crippen LogP contribution in [0.25, 0.3) is 0 Å². The molecule has 2 N–H and O–H groups in total. The van der Waals surface area contributed by atoms with Crippen LogP contribution in [-0.2, 0) is 15.0 Å². The number of nitrogens with one attached hydrogen (secondary N) is 1. The van der Waals surface area contributed by atoms with E-state index in [0.717, 1.165) is 12.1 Å². The van der Waals surface area contributed by atoms with Gasteiger partial charge in [0.2, 0.25) is 5.91 Å². The van der Waals surface area contributed by atoms with Crippen LogP contribution in [0.2, 0.25) is 0 Å². The Morgan fingerprint density at radius 2 is 1.91 bits per heavy atom. The van der Waals surface area contributed by atoms with Crippen molar-refractivity contribution in [3.8, 4) is 0 Å². The molecular weight excluding hydrogens is 300 g/mol. The number of allylic oxidation sites excluding steroid dienone is 2. The van der Waals surface area contributed by atoms with E-state index in [2.05, 4.69) is 31.1 Å². The quantitative estimate of drug-likeness (QED) is 0.839. The molecule has 118 valence electrons. The fourth-order valence-electron chi connectivity index (χ4n) is 3.38. The maximum absolute atomic E-state index is 12.5. The summed E-state index contributed by atoms with van der Waals surface area (Å²) in [6.45, 7) is 6.19. The monoisotopic (exact) mass is 320 g/mol. The molecule has 6 heteroatoms. The lowest BCUT2D eigenvalue weighted by Crippen LogP contribution is -2.36. The molecule has 2 bridgehead atoms. The lowest BCUT2D eigenvalue weighted by Gasteiger charge is -2.23. The van der Waals surface area contributed by atoms with Crippen molar-refractivity contribution in [2.24, 2.45) is 23.7 Å². The second-order valence-electron chi connectivity index (χ2n) is 7.12. The van der Waals surface area contributed by atoms with Gasteiger partial charge in [-0.15, -0.1) is 11.3 Å². The Morgan fingerprint density at radius 3 is 2.45 bits per heavy atom. The second kappa shape index (κ2) is 5.19. The van der Waals surface area contributed by atoms with E-state index in [1.807, 2.05) is 17.5 Å². The minimum atomic E-state index is -0.883. The summed E-state index contributed by atoms with van der Waals surface area (Å²) >= 11 is 1.38. The van der Waals surface area contributed by atoms with Crippen molar-refractivity contribution < 1.29 is 14.7 Å². The summed E-state index contributed by atoms with van der Waals surface area (Å²) in [6.07, 6.45) is 4.69. The molecule has 2 aliphatic carbocycles. The molecule has 3 rings (SSSR count). The number of hydrogen-bond acceptors (Lipinski definition) is 4. The summed E-state index contributed by atoms with van der Waals surface area (Å²) < 4.78 is 0. The molecule has 0 aliphatic heterocycles. The third-order valence-electron chi connectivity index (χ3n) is 4.55. The number of anilines is 1. The first kappa shape index (κ1) is 15.2. The molecule has 0 radical (unpaired) electrons. The van der Waals surface area contributed by atoms with Gasteiger partial charge in [0.15, 0.2) is 5.13 Å². The highest BCUT2D eigenvalue weighted by Gasteiger charge is 2.51. The number of aromatic nitrogens is 1. The fraction of sp³-hybridized carbons (Fsp3) is 0.562. The summed E-state index contributed by atoms with van der Waals surface area (Å²) in [5, 5.41) is 14.7. The van der Waals surface area contributed by atoms with E-state index in [9.17, 15) is 14.7 Å². The first-order chi connectivity index (χ1) is 10.3. The van der Waals surface area contributed by atoms with Crippen LogP contribution in [0.4, 0.5) is 5.13 Å². The molecule has 0 aromatic carbocycles. The standard InChI is InChI=1S/C16H20N2O3S/c1-16(2,3)10-7-22-15(17-10)18-13(19)11-8-4-5-9(6-8)12(11)14(20)21/h4-5,7-9,11-12H,6H2,1-3H3,(H,20,21)(H,17,18,19)/t8-,9+,11-,12+/m1/s1. The lowest BCUT2D eigenvalue weighted by molar-refractivity contribution is -0.146. The van der Waals surface area contributed by atoms with E-state index in [4.69, 9.17) is 0 Å². The van der Waals surface area contributed by atoms with Gasteiger partial charge in [0.25, 0.3) is 0 Å². The predicted octanol–water partition coefficient (Wildman–Crippen LogP) is 2.90. The summed E-state index contributed by atoms with van der Waals surface area (Å²) in [5.41, 5.74) is 0.855. The van der Waals surface area contributed by atoms with Crippen LogP contribution in [0.3, 0.4) is 0 Å². The average molecular weight is 320 g/mol. The van der Waals surface area contributed by atoms with Crippen molar-refractivity contribution in [3.63, 3.8) is 0 Å². The Morgan fingerprint density at radius 1 is 1.27 bits per heavy atom. The fourth-order valence-corrected chi connectivity index (χ4v) is 4.32. The molecule has 1 saturated carbocycles. The number of rotatable bonds is 3. The average Bonchev–Trinajstić information content (AvgIpc) is 3.11. The normalized spacial score (nSPS) is 29.8. The van der Waals surface area contributed by atoms with Crippen molar-refractivity contribution in [2.75, 3.05) is 5.32 Å².